The van der Waals surface area contributed by atoms with E-state index in [2.05, 4.69) is 35.2 Å². The van der Waals surface area contributed by atoms with Crippen molar-refractivity contribution in [1.82, 2.24) is 0 Å². The van der Waals surface area contributed by atoms with E-state index in [1.54, 1.807) is 0 Å². The zero-order valence-corrected chi connectivity index (χ0v) is 12.2. The summed E-state index contributed by atoms with van der Waals surface area (Å²) in [5, 5.41) is 0.840. The van der Waals surface area contributed by atoms with E-state index in [-0.39, 0.29) is 0 Å². The lowest BCUT2D eigenvalue weighted by atomic mass is 9.98. The molecule has 1 aliphatic rings. The molecule has 1 atom stereocenters. The minimum absolute atomic E-state index is 0.540. The van der Waals surface area contributed by atoms with E-state index in [0.717, 1.165) is 31.1 Å². The van der Waals surface area contributed by atoms with Crippen LogP contribution >= 0.6 is 11.6 Å². The first-order valence-corrected chi connectivity index (χ1v) is 7.44. The van der Waals surface area contributed by atoms with Crippen LogP contribution < -0.4 is 10.6 Å². The van der Waals surface area contributed by atoms with Crippen molar-refractivity contribution in [3.63, 3.8) is 0 Å². The first-order chi connectivity index (χ1) is 9.79. The molecule has 0 fully saturated rings. The Bertz CT molecular complexity index is 597. The summed E-state index contributed by atoms with van der Waals surface area (Å²) >= 11 is 6.28. The molecule has 1 unspecified atom stereocenters. The zero-order chi connectivity index (χ0) is 13.9. The number of nitrogens with zero attached hydrogens (tertiary/aromatic N) is 1. The highest BCUT2D eigenvalue weighted by atomic mass is 35.5. The molecule has 0 amide bonds. The van der Waals surface area contributed by atoms with Gasteiger partial charge in [0, 0.05) is 29.7 Å². The number of benzene rings is 2. The van der Waals surface area contributed by atoms with Crippen LogP contribution in [0.25, 0.3) is 0 Å². The van der Waals surface area contributed by atoms with E-state index < -0.39 is 0 Å². The summed E-state index contributed by atoms with van der Waals surface area (Å²) in [4.78, 5) is 2.41. The van der Waals surface area contributed by atoms with Crippen LogP contribution in [0.4, 0.5) is 5.69 Å². The Morgan fingerprint density at radius 1 is 1.10 bits per heavy atom. The van der Waals surface area contributed by atoms with Gasteiger partial charge in [0.2, 0.25) is 0 Å². The highest BCUT2D eigenvalue weighted by Gasteiger charge is 2.27. The Balaban J connectivity index is 1.87. The number of hydrogen-bond donors (Lipinski definition) is 1. The van der Waals surface area contributed by atoms with Crippen LogP contribution in [-0.2, 0) is 6.54 Å². The predicted octanol–water partition coefficient (Wildman–Crippen LogP) is 3.79. The molecule has 1 heterocycles. The Kier molecular flexibility index (Phi) is 3.95. The molecular weight excluding hydrogens is 268 g/mol. The third kappa shape index (κ3) is 2.54. The molecule has 3 rings (SSSR count). The summed E-state index contributed by atoms with van der Waals surface area (Å²) < 4.78 is 0. The molecule has 2 nitrogen and oxygen atoms in total. The van der Waals surface area contributed by atoms with Gasteiger partial charge in [0.15, 0.2) is 0 Å². The second-order valence-corrected chi connectivity index (χ2v) is 5.71. The van der Waals surface area contributed by atoms with Crippen molar-refractivity contribution in [1.29, 1.82) is 0 Å². The number of anilines is 1. The van der Waals surface area contributed by atoms with E-state index in [1.165, 1.54) is 16.8 Å². The van der Waals surface area contributed by atoms with E-state index >= 15 is 0 Å². The Morgan fingerprint density at radius 2 is 1.85 bits per heavy atom. The first-order valence-electron chi connectivity index (χ1n) is 7.07. The minimum Gasteiger partial charge on any atom is -0.366 e. The summed E-state index contributed by atoms with van der Waals surface area (Å²) in [6, 6.07) is 16.7. The fourth-order valence-electron chi connectivity index (χ4n) is 3.01. The van der Waals surface area contributed by atoms with Gasteiger partial charge < -0.3 is 10.6 Å². The third-order valence-electron chi connectivity index (χ3n) is 3.99. The minimum atomic E-state index is 0.540. The van der Waals surface area contributed by atoms with Gasteiger partial charge in [0.1, 0.15) is 0 Å². The summed E-state index contributed by atoms with van der Waals surface area (Å²) in [6.07, 6.45) is 1.04. The fourth-order valence-corrected chi connectivity index (χ4v) is 3.21. The molecule has 3 heteroatoms. The largest absolute Gasteiger partial charge is 0.366 e. The Hall–Kier alpha value is -1.51. The van der Waals surface area contributed by atoms with Gasteiger partial charge in [0.05, 0.1) is 0 Å². The highest BCUT2D eigenvalue weighted by molar-refractivity contribution is 6.31. The second kappa shape index (κ2) is 5.86. The third-order valence-corrected chi connectivity index (χ3v) is 4.36. The molecule has 0 spiro atoms. The zero-order valence-electron chi connectivity index (χ0n) is 11.4. The highest BCUT2D eigenvalue weighted by Crippen LogP contribution is 2.38. The van der Waals surface area contributed by atoms with Gasteiger partial charge in [-0.2, -0.15) is 0 Å². The van der Waals surface area contributed by atoms with Gasteiger partial charge >= 0.3 is 0 Å². The molecular formula is C17H19ClN2. The van der Waals surface area contributed by atoms with Gasteiger partial charge in [0.25, 0.3) is 0 Å². The van der Waals surface area contributed by atoms with Crippen LogP contribution in [0.5, 0.6) is 0 Å². The SMILES string of the molecule is NCCC1CN(Cc2ccccc2Cl)c2ccccc21. The van der Waals surface area contributed by atoms with Crippen molar-refractivity contribution >= 4 is 17.3 Å². The van der Waals surface area contributed by atoms with E-state index in [1.807, 2.05) is 18.2 Å². The normalized spacial score (nSPS) is 17.3. The lowest BCUT2D eigenvalue weighted by Gasteiger charge is -2.20. The van der Waals surface area contributed by atoms with Crippen LogP contribution in [0.2, 0.25) is 5.02 Å². The van der Waals surface area contributed by atoms with E-state index in [4.69, 9.17) is 17.3 Å². The molecule has 20 heavy (non-hydrogen) atoms. The summed E-state index contributed by atoms with van der Waals surface area (Å²) in [6.45, 7) is 2.62. The van der Waals surface area contributed by atoms with Gasteiger partial charge in [-0.1, -0.05) is 48.0 Å². The van der Waals surface area contributed by atoms with Crippen molar-refractivity contribution in [2.24, 2.45) is 5.73 Å². The van der Waals surface area contributed by atoms with Gasteiger partial charge in [-0.15, -0.1) is 0 Å². The molecule has 1 aliphatic heterocycles. The lowest BCUT2D eigenvalue weighted by molar-refractivity contribution is 0.644. The quantitative estimate of drug-likeness (QED) is 0.926. The van der Waals surface area contributed by atoms with E-state index in [0.29, 0.717) is 5.92 Å². The number of fused-ring (bicyclic) bond motifs is 1. The van der Waals surface area contributed by atoms with Crippen LogP contribution in [-0.4, -0.2) is 13.1 Å². The first kappa shape index (κ1) is 13.5. The fraction of sp³-hybridized carbons (Fsp3) is 0.294. The van der Waals surface area contributed by atoms with Crippen molar-refractivity contribution in [3.05, 3.63) is 64.7 Å². The molecule has 0 aromatic heterocycles. The van der Waals surface area contributed by atoms with Crippen molar-refractivity contribution < 1.29 is 0 Å². The summed E-state index contributed by atoms with van der Waals surface area (Å²) in [5.74, 6) is 0.540. The molecule has 0 saturated carbocycles. The van der Waals surface area contributed by atoms with Gasteiger partial charge in [-0.3, -0.25) is 0 Å². The number of halogens is 1. The van der Waals surface area contributed by atoms with Crippen LogP contribution in [0.3, 0.4) is 0 Å². The number of para-hydroxylation sites is 1. The molecule has 0 saturated heterocycles. The van der Waals surface area contributed by atoms with Crippen molar-refractivity contribution in [2.75, 3.05) is 18.0 Å². The maximum absolute atomic E-state index is 6.28. The summed E-state index contributed by atoms with van der Waals surface area (Å²) in [7, 11) is 0. The van der Waals surface area contributed by atoms with Crippen LogP contribution in [0.1, 0.15) is 23.5 Å². The molecule has 0 aliphatic carbocycles. The average molecular weight is 287 g/mol. The van der Waals surface area contributed by atoms with Gasteiger partial charge in [-0.25, -0.2) is 0 Å². The number of rotatable bonds is 4. The van der Waals surface area contributed by atoms with Crippen molar-refractivity contribution in [2.45, 2.75) is 18.9 Å². The Morgan fingerprint density at radius 3 is 2.65 bits per heavy atom. The van der Waals surface area contributed by atoms with Crippen LogP contribution in [0.15, 0.2) is 48.5 Å². The molecule has 104 valence electrons. The molecule has 0 radical (unpaired) electrons. The Labute approximate surface area is 125 Å². The molecule has 0 bridgehead atoms. The maximum Gasteiger partial charge on any atom is 0.0455 e. The molecule has 2 N–H and O–H groups in total. The monoisotopic (exact) mass is 286 g/mol. The molecule has 2 aromatic rings. The maximum atomic E-state index is 6.28. The average Bonchev–Trinajstić information content (AvgIpc) is 2.81. The van der Waals surface area contributed by atoms with Gasteiger partial charge in [-0.05, 0) is 36.2 Å². The standard InChI is InChI=1S/C17H19ClN2/c18-16-7-3-1-5-14(16)12-20-11-13(9-10-19)15-6-2-4-8-17(15)20/h1-8,13H,9-12,19H2. The number of hydrogen-bond acceptors (Lipinski definition) is 2. The predicted molar refractivity (Wildman–Crippen MR) is 85.4 cm³/mol. The van der Waals surface area contributed by atoms with Crippen LogP contribution in [0, 0.1) is 0 Å². The smallest absolute Gasteiger partial charge is 0.0455 e. The topological polar surface area (TPSA) is 29.3 Å². The number of nitrogens with two attached hydrogens (primary N) is 1. The summed E-state index contributed by atoms with van der Waals surface area (Å²) in [5.41, 5.74) is 9.67. The molecule has 2 aromatic carbocycles. The second-order valence-electron chi connectivity index (χ2n) is 5.31. The van der Waals surface area contributed by atoms with E-state index in [9.17, 15) is 0 Å². The van der Waals surface area contributed by atoms with Crippen molar-refractivity contribution in [3.8, 4) is 0 Å². The lowest BCUT2D eigenvalue weighted by Crippen LogP contribution is -2.22.